The van der Waals surface area contributed by atoms with Crippen LogP contribution in [0.1, 0.15) is 19.4 Å². The molecule has 0 spiro atoms. The summed E-state index contributed by atoms with van der Waals surface area (Å²) in [5.74, 6) is 2.39. The molecular formula is C13H20ClNO2. The highest BCUT2D eigenvalue weighted by atomic mass is 35.5. The van der Waals surface area contributed by atoms with E-state index >= 15 is 0 Å². The molecule has 1 aromatic carbocycles. The highest BCUT2D eigenvalue weighted by molar-refractivity contribution is 5.85. The minimum absolute atomic E-state index is 0. The lowest BCUT2D eigenvalue weighted by atomic mass is 10.0. The Morgan fingerprint density at radius 1 is 1.29 bits per heavy atom. The first kappa shape index (κ1) is 14.1. The molecule has 1 heterocycles. The molecule has 0 fully saturated rings. The lowest BCUT2D eigenvalue weighted by molar-refractivity contribution is 0.174. The van der Waals surface area contributed by atoms with E-state index < -0.39 is 0 Å². The molecule has 1 atom stereocenters. The van der Waals surface area contributed by atoms with Crippen LogP contribution in [0.2, 0.25) is 0 Å². The van der Waals surface area contributed by atoms with Crippen LogP contribution < -0.4 is 14.8 Å². The largest absolute Gasteiger partial charge is 0.454 e. The summed E-state index contributed by atoms with van der Waals surface area (Å²) in [6, 6.07) is 6.21. The van der Waals surface area contributed by atoms with Gasteiger partial charge in [-0.2, -0.15) is 0 Å². The molecule has 1 aliphatic rings. The predicted molar refractivity (Wildman–Crippen MR) is 71.2 cm³/mol. The Balaban J connectivity index is 0.00000144. The Bertz CT molecular complexity index is 357. The van der Waals surface area contributed by atoms with Gasteiger partial charge >= 0.3 is 0 Å². The maximum absolute atomic E-state index is 5.36. The Morgan fingerprint density at radius 3 is 2.82 bits per heavy atom. The van der Waals surface area contributed by atoms with E-state index in [-0.39, 0.29) is 12.4 Å². The Kier molecular flexibility index (Phi) is 5.59. The zero-order valence-corrected chi connectivity index (χ0v) is 11.2. The molecule has 1 N–H and O–H groups in total. The second-order valence-electron chi connectivity index (χ2n) is 4.30. The Hall–Kier alpha value is -0.930. The predicted octanol–water partition coefficient (Wildman–Crippen LogP) is 2.63. The summed E-state index contributed by atoms with van der Waals surface area (Å²) in [5.41, 5.74) is 1.31. The number of ether oxygens (including phenoxy) is 2. The van der Waals surface area contributed by atoms with Gasteiger partial charge in [-0.25, -0.2) is 0 Å². The van der Waals surface area contributed by atoms with Crippen molar-refractivity contribution in [3.8, 4) is 11.5 Å². The molecule has 1 unspecified atom stereocenters. The van der Waals surface area contributed by atoms with Crippen LogP contribution in [0.15, 0.2) is 18.2 Å². The quantitative estimate of drug-likeness (QED) is 0.880. The van der Waals surface area contributed by atoms with Crippen LogP contribution in [0.3, 0.4) is 0 Å². The number of fused-ring (bicyclic) bond motifs is 1. The fraction of sp³-hybridized carbons (Fsp3) is 0.538. The van der Waals surface area contributed by atoms with Crippen molar-refractivity contribution in [2.75, 3.05) is 19.9 Å². The van der Waals surface area contributed by atoms with Gasteiger partial charge in [-0.05, 0) is 43.1 Å². The topological polar surface area (TPSA) is 30.5 Å². The van der Waals surface area contributed by atoms with E-state index in [0.29, 0.717) is 12.7 Å². The van der Waals surface area contributed by atoms with E-state index in [1.54, 1.807) is 0 Å². The molecule has 17 heavy (non-hydrogen) atoms. The molecule has 0 aromatic heterocycles. The summed E-state index contributed by atoms with van der Waals surface area (Å²) < 4.78 is 10.7. The summed E-state index contributed by atoms with van der Waals surface area (Å²) >= 11 is 0. The van der Waals surface area contributed by atoms with Crippen molar-refractivity contribution in [1.82, 2.24) is 5.32 Å². The molecule has 0 saturated heterocycles. The summed E-state index contributed by atoms with van der Waals surface area (Å²) in [6.45, 7) is 6.84. The van der Waals surface area contributed by atoms with Gasteiger partial charge in [0.15, 0.2) is 11.5 Å². The highest BCUT2D eigenvalue weighted by Gasteiger charge is 2.13. The molecule has 3 nitrogen and oxygen atoms in total. The molecule has 0 aliphatic carbocycles. The SMILES string of the molecule is CCNCC(C)Cc1ccc2c(c1)OCO2.Cl. The first-order valence-corrected chi connectivity index (χ1v) is 5.89. The van der Waals surface area contributed by atoms with Crippen molar-refractivity contribution in [2.24, 2.45) is 5.92 Å². The van der Waals surface area contributed by atoms with Crippen LogP contribution in [0.5, 0.6) is 11.5 Å². The highest BCUT2D eigenvalue weighted by Crippen LogP contribution is 2.32. The van der Waals surface area contributed by atoms with Gasteiger partial charge in [-0.3, -0.25) is 0 Å². The van der Waals surface area contributed by atoms with Gasteiger partial charge < -0.3 is 14.8 Å². The summed E-state index contributed by atoms with van der Waals surface area (Å²) in [5, 5.41) is 3.36. The maximum Gasteiger partial charge on any atom is 0.231 e. The molecule has 1 aromatic rings. The number of benzene rings is 1. The van der Waals surface area contributed by atoms with Gasteiger partial charge in [0.05, 0.1) is 0 Å². The van der Waals surface area contributed by atoms with Crippen molar-refractivity contribution in [2.45, 2.75) is 20.3 Å². The zero-order chi connectivity index (χ0) is 11.4. The molecule has 0 saturated carbocycles. The third kappa shape index (κ3) is 3.79. The van der Waals surface area contributed by atoms with Gasteiger partial charge in [-0.1, -0.05) is 19.9 Å². The minimum atomic E-state index is 0. The Morgan fingerprint density at radius 2 is 2.06 bits per heavy atom. The summed E-state index contributed by atoms with van der Waals surface area (Å²) in [4.78, 5) is 0. The van der Waals surface area contributed by atoms with Crippen LogP contribution in [-0.4, -0.2) is 19.9 Å². The normalized spacial score (nSPS) is 14.2. The minimum Gasteiger partial charge on any atom is -0.454 e. The third-order valence-electron chi connectivity index (χ3n) is 2.76. The van der Waals surface area contributed by atoms with Crippen LogP contribution in [-0.2, 0) is 6.42 Å². The van der Waals surface area contributed by atoms with Gasteiger partial charge in [0, 0.05) is 0 Å². The molecule has 4 heteroatoms. The van der Waals surface area contributed by atoms with Crippen molar-refractivity contribution in [1.29, 1.82) is 0 Å². The standard InChI is InChI=1S/C13H19NO2.ClH/c1-3-14-8-10(2)6-11-4-5-12-13(7-11)16-9-15-12;/h4-5,7,10,14H,3,6,8-9H2,1-2H3;1H. The van der Waals surface area contributed by atoms with Gasteiger partial charge in [-0.15, -0.1) is 12.4 Å². The van der Waals surface area contributed by atoms with E-state index in [1.807, 2.05) is 6.07 Å². The summed E-state index contributed by atoms with van der Waals surface area (Å²) in [6.07, 6.45) is 1.07. The number of hydrogen-bond donors (Lipinski definition) is 1. The van der Waals surface area contributed by atoms with Gasteiger partial charge in [0.2, 0.25) is 6.79 Å². The van der Waals surface area contributed by atoms with E-state index in [4.69, 9.17) is 9.47 Å². The van der Waals surface area contributed by atoms with Gasteiger partial charge in [0.25, 0.3) is 0 Å². The lowest BCUT2D eigenvalue weighted by Gasteiger charge is -2.12. The second kappa shape index (κ2) is 6.72. The lowest BCUT2D eigenvalue weighted by Crippen LogP contribution is -2.21. The van der Waals surface area contributed by atoms with Crippen LogP contribution >= 0.6 is 12.4 Å². The molecule has 0 radical (unpaired) electrons. The van der Waals surface area contributed by atoms with E-state index in [9.17, 15) is 0 Å². The monoisotopic (exact) mass is 257 g/mol. The van der Waals surface area contributed by atoms with Crippen LogP contribution in [0.4, 0.5) is 0 Å². The second-order valence-corrected chi connectivity index (χ2v) is 4.30. The van der Waals surface area contributed by atoms with Crippen LogP contribution in [0.25, 0.3) is 0 Å². The molecule has 1 aliphatic heterocycles. The van der Waals surface area contributed by atoms with Crippen LogP contribution in [0, 0.1) is 5.92 Å². The Labute approximate surface area is 109 Å². The summed E-state index contributed by atoms with van der Waals surface area (Å²) in [7, 11) is 0. The first-order valence-electron chi connectivity index (χ1n) is 5.89. The van der Waals surface area contributed by atoms with E-state index in [1.165, 1.54) is 5.56 Å². The van der Waals surface area contributed by atoms with Crippen molar-refractivity contribution >= 4 is 12.4 Å². The van der Waals surface area contributed by atoms with Crippen molar-refractivity contribution in [3.05, 3.63) is 23.8 Å². The number of nitrogens with one attached hydrogen (secondary N) is 1. The molecule has 2 rings (SSSR count). The van der Waals surface area contributed by atoms with E-state index in [2.05, 4.69) is 31.3 Å². The third-order valence-corrected chi connectivity index (χ3v) is 2.76. The molecule has 0 amide bonds. The number of rotatable bonds is 5. The average molecular weight is 258 g/mol. The van der Waals surface area contributed by atoms with Crippen molar-refractivity contribution in [3.63, 3.8) is 0 Å². The fourth-order valence-electron chi connectivity index (χ4n) is 1.93. The number of halogens is 1. The molecule has 96 valence electrons. The fourth-order valence-corrected chi connectivity index (χ4v) is 1.93. The van der Waals surface area contributed by atoms with Crippen molar-refractivity contribution < 1.29 is 9.47 Å². The molecular weight excluding hydrogens is 238 g/mol. The van der Waals surface area contributed by atoms with Gasteiger partial charge in [0.1, 0.15) is 0 Å². The molecule has 0 bridgehead atoms. The van der Waals surface area contributed by atoms with E-state index in [0.717, 1.165) is 31.0 Å². The average Bonchev–Trinajstić information content (AvgIpc) is 2.73. The zero-order valence-electron chi connectivity index (χ0n) is 10.4. The number of hydrogen-bond acceptors (Lipinski definition) is 3. The first-order chi connectivity index (χ1) is 7.79. The maximum atomic E-state index is 5.36. The smallest absolute Gasteiger partial charge is 0.231 e.